The molecule has 3 nitrogen and oxygen atoms in total. The van der Waals surface area contributed by atoms with Crippen molar-refractivity contribution in [2.45, 2.75) is 32.1 Å². The molecule has 0 bridgehead atoms. The van der Waals surface area contributed by atoms with E-state index in [2.05, 4.69) is 15.9 Å². The van der Waals surface area contributed by atoms with Crippen LogP contribution in [0.4, 0.5) is 0 Å². The number of carbonyl (C=O) groups is 1. The molecule has 15 heavy (non-hydrogen) atoms. The number of likely N-dealkylation sites (tertiary alicyclic amines) is 1. The third-order valence-electron chi connectivity index (χ3n) is 2.89. The molecule has 1 heterocycles. The lowest BCUT2D eigenvalue weighted by atomic mass is 10.1. The Bertz CT molecular complexity index is 199. The van der Waals surface area contributed by atoms with Crippen LogP contribution in [0.5, 0.6) is 0 Å². The van der Waals surface area contributed by atoms with E-state index in [1.807, 2.05) is 4.90 Å². The van der Waals surface area contributed by atoms with Crippen molar-refractivity contribution >= 4 is 21.8 Å². The van der Waals surface area contributed by atoms with Crippen LogP contribution in [-0.4, -0.2) is 35.8 Å². The molecular formula is C11H21BrN2O. The second-order valence-corrected chi connectivity index (χ2v) is 4.91. The second-order valence-electron chi connectivity index (χ2n) is 4.27. The Morgan fingerprint density at radius 3 is 2.67 bits per heavy atom. The maximum Gasteiger partial charge on any atom is 0.222 e. The number of rotatable bonds is 7. The van der Waals surface area contributed by atoms with Gasteiger partial charge in [-0.3, -0.25) is 4.79 Å². The highest BCUT2D eigenvalue weighted by Gasteiger charge is 2.27. The van der Waals surface area contributed by atoms with Gasteiger partial charge < -0.3 is 10.6 Å². The quantitative estimate of drug-likeness (QED) is 0.569. The zero-order valence-corrected chi connectivity index (χ0v) is 10.8. The van der Waals surface area contributed by atoms with Crippen LogP contribution in [0.1, 0.15) is 32.1 Å². The van der Waals surface area contributed by atoms with Gasteiger partial charge in [0.25, 0.3) is 0 Å². The molecule has 88 valence electrons. The van der Waals surface area contributed by atoms with E-state index in [-0.39, 0.29) is 0 Å². The first-order chi connectivity index (χ1) is 7.27. The number of nitrogens with zero attached hydrogens (tertiary/aromatic N) is 1. The number of alkyl halides is 1. The van der Waals surface area contributed by atoms with Crippen LogP contribution in [0.25, 0.3) is 0 Å². The molecule has 2 N–H and O–H groups in total. The van der Waals surface area contributed by atoms with Crippen molar-refractivity contribution in [3.05, 3.63) is 0 Å². The van der Waals surface area contributed by atoms with E-state index >= 15 is 0 Å². The zero-order valence-electron chi connectivity index (χ0n) is 9.25. The van der Waals surface area contributed by atoms with Gasteiger partial charge in [0.1, 0.15) is 0 Å². The van der Waals surface area contributed by atoms with E-state index in [0.717, 1.165) is 44.2 Å². The Morgan fingerprint density at radius 1 is 1.33 bits per heavy atom. The minimum Gasteiger partial charge on any atom is -0.342 e. The van der Waals surface area contributed by atoms with Crippen molar-refractivity contribution in [3.63, 3.8) is 0 Å². The summed E-state index contributed by atoms with van der Waals surface area (Å²) in [5.74, 6) is 0.861. The number of carbonyl (C=O) groups excluding carboxylic acids is 1. The monoisotopic (exact) mass is 276 g/mol. The van der Waals surface area contributed by atoms with Gasteiger partial charge >= 0.3 is 0 Å². The van der Waals surface area contributed by atoms with Crippen LogP contribution in [0.15, 0.2) is 0 Å². The highest BCUT2D eigenvalue weighted by molar-refractivity contribution is 9.09. The molecule has 1 aliphatic rings. The summed E-state index contributed by atoms with van der Waals surface area (Å²) < 4.78 is 0. The van der Waals surface area contributed by atoms with Crippen molar-refractivity contribution in [2.24, 2.45) is 11.7 Å². The van der Waals surface area contributed by atoms with Gasteiger partial charge in [-0.15, -0.1) is 0 Å². The third-order valence-corrected chi connectivity index (χ3v) is 3.81. The lowest BCUT2D eigenvalue weighted by Crippen LogP contribution is -2.26. The van der Waals surface area contributed by atoms with Gasteiger partial charge in [0.05, 0.1) is 0 Å². The van der Waals surface area contributed by atoms with E-state index in [9.17, 15) is 4.79 Å². The summed E-state index contributed by atoms with van der Waals surface area (Å²) in [6.45, 7) is 2.67. The van der Waals surface area contributed by atoms with Gasteiger partial charge in [-0.25, -0.2) is 0 Å². The van der Waals surface area contributed by atoms with Crippen molar-refractivity contribution < 1.29 is 4.79 Å². The average Bonchev–Trinajstić information content (AvgIpc) is 2.59. The Balaban J connectivity index is 2.08. The summed E-state index contributed by atoms with van der Waals surface area (Å²) >= 11 is 3.44. The fourth-order valence-electron chi connectivity index (χ4n) is 1.97. The van der Waals surface area contributed by atoms with Crippen LogP contribution in [0.3, 0.4) is 0 Å². The van der Waals surface area contributed by atoms with Gasteiger partial charge in [0, 0.05) is 24.8 Å². The highest BCUT2D eigenvalue weighted by atomic mass is 79.9. The van der Waals surface area contributed by atoms with Crippen LogP contribution < -0.4 is 5.73 Å². The Morgan fingerprint density at radius 2 is 2.07 bits per heavy atom. The Kier molecular flexibility index (Phi) is 6.25. The molecule has 0 spiro atoms. The van der Waals surface area contributed by atoms with Gasteiger partial charge in [-0.2, -0.15) is 0 Å². The van der Waals surface area contributed by atoms with Crippen molar-refractivity contribution in [3.8, 4) is 0 Å². The van der Waals surface area contributed by atoms with Crippen molar-refractivity contribution in [1.29, 1.82) is 0 Å². The van der Waals surface area contributed by atoms with Gasteiger partial charge in [0.15, 0.2) is 0 Å². The number of hydrogen-bond acceptors (Lipinski definition) is 2. The molecule has 1 aliphatic heterocycles. The average molecular weight is 277 g/mol. The number of hydrogen-bond donors (Lipinski definition) is 1. The third kappa shape index (κ3) is 4.51. The fourth-order valence-corrected chi connectivity index (χ4v) is 2.41. The molecule has 4 heteroatoms. The van der Waals surface area contributed by atoms with E-state index in [0.29, 0.717) is 11.8 Å². The van der Waals surface area contributed by atoms with Gasteiger partial charge in [-0.05, 0) is 25.3 Å². The topological polar surface area (TPSA) is 46.3 Å². The standard InChI is InChI=1S/C11H21BrN2O/c12-8-10-7-11(15)14(9-10)6-4-2-1-3-5-13/h10H,1-9,13H2. The number of amides is 1. The number of unbranched alkanes of at least 4 members (excludes halogenated alkanes) is 3. The van der Waals surface area contributed by atoms with Crippen LogP contribution in [0, 0.1) is 5.92 Å². The summed E-state index contributed by atoms with van der Waals surface area (Å²) in [4.78, 5) is 13.6. The Hall–Kier alpha value is -0.0900. The molecule has 0 aromatic rings. The molecule has 1 saturated heterocycles. The summed E-state index contributed by atoms with van der Waals surface area (Å²) in [5, 5.41) is 0.947. The molecule has 0 aliphatic carbocycles. The fraction of sp³-hybridized carbons (Fsp3) is 0.909. The van der Waals surface area contributed by atoms with Crippen LogP contribution in [-0.2, 0) is 4.79 Å². The second kappa shape index (κ2) is 7.23. The van der Waals surface area contributed by atoms with Gasteiger partial charge in [0.2, 0.25) is 5.91 Å². The van der Waals surface area contributed by atoms with Crippen molar-refractivity contribution in [2.75, 3.05) is 25.0 Å². The van der Waals surface area contributed by atoms with E-state index in [1.165, 1.54) is 12.8 Å². The Labute approximate surface area is 101 Å². The normalized spacial score (nSPS) is 21.3. The molecule has 1 unspecified atom stereocenters. The molecule has 0 aromatic heterocycles. The van der Waals surface area contributed by atoms with Crippen LogP contribution >= 0.6 is 15.9 Å². The molecule has 0 aromatic carbocycles. The number of halogens is 1. The van der Waals surface area contributed by atoms with E-state index in [4.69, 9.17) is 5.73 Å². The summed E-state index contributed by atoms with van der Waals surface area (Å²) in [6, 6.07) is 0. The van der Waals surface area contributed by atoms with E-state index in [1.54, 1.807) is 0 Å². The smallest absolute Gasteiger partial charge is 0.222 e. The predicted octanol–water partition coefficient (Wildman–Crippen LogP) is 1.75. The summed E-state index contributed by atoms with van der Waals surface area (Å²) in [7, 11) is 0. The largest absolute Gasteiger partial charge is 0.342 e. The lowest BCUT2D eigenvalue weighted by Gasteiger charge is -2.15. The van der Waals surface area contributed by atoms with Crippen LogP contribution in [0.2, 0.25) is 0 Å². The molecule has 0 radical (unpaired) electrons. The summed E-state index contributed by atoms with van der Waals surface area (Å²) in [5.41, 5.74) is 5.42. The molecular weight excluding hydrogens is 256 g/mol. The lowest BCUT2D eigenvalue weighted by molar-refractivity contribution is -0.127. The minimum absolute atomic E-state index is 0.332. The maximum atomic E-state index is 11.5. The van der Waals surface area contributed by atoms with Gasteiger partial charge in [-0.1, -0.05) is 28.8 Å². The van der Waals surface area contributed by atoms with Crippen molar-refractivity contribution in [1.82, 2.24) is 4.90 Å². The molecule has 0 saturated carbocycles. The molecule has 1 rings (SSSR count). The molecule has 1 fully saturated rings. The molecule has 1 amide bonds. The predicted molar refractivity (Wildman–Crippen MR) is 66.0 cm³/mol. The first-order valence-corrected chi connectivity index (χ1v) is 6.94. The molecule has 1 atom stereocenters. The minimum atomic E-state index is 0.332. The first kappa shape index (κ1) is 13.0. The zero-order chi connectivity index (χ0) is 11.1. The van der Waals surface area contributed by atoms with E-state index < -0.39 is 0 Å². The first-order valence-electron chi connectivity index (χ1n) is 5.81. The highest BCUT2D eigenvalue weighted by Crippen LogP contribution is 2.19. The summed E-state index contributed by atoms with van der Waals surface area (Å²) in [6.07, 6.45) is 5.35. The number of nitrogens with two attached hydrogens (primary N) is 1. The SMILES string of the molecule is NCCCCCCN1CC(CBr)CC1=O. The maximum absolute atomic E-state index is 11.5.